The summed E-state index contributed by atoms with van der Waals surface area (Å²) in [4.78, 5) is 2.24. The van der Waals surface area contributed by atoms with E-state index in [1.807, 2.05) is 0 Å². The Bertz CT molecular complexity index is 252. The highest BCUT2D eigenvalue weighted by atomic mass is 15.1. The Kier molecular flexibility index (Phi) is 2.50. The fraction of sp³-hybridized carbons (Fsp3) is 0.909. The molecule has 2 saturated carbocycles. The van der Waals surface area contributed by atoms with E-state index in [0.717, 1.165) is 19.3 Å². The maximum absolute atomic E-state index is 9.26. The molecule has 2 rings (SSSR count). The Hall–Kier alpha value is -0.590. The number of nitrogens with one attached hydrogen (secondary N) is 1. The van der Waals surface area contributed by atoms with Gasteiger partial charge in [-0.1, -0.05) is 0 Å². The highest BCUT2D eigenvalue weighted by Crippen LogP contribution is 2.35. The Morgan fingerprint density at radius 3 is 2.50 bits per heavy atom. The largest absolute Gasteiger partial charge is 0.306 e. The second-order valence-electron chi connectivity index (χ2n) is 4.97. The molecular formula is C11H19N3. The van der Waals surface area contributed by atoms with Crippen molar-refractivity contribution in [3.8, 4) is 6.07 Å². The first-order chi connectivity index (χ1) is 6.65. The molecule has 3 heteroatoms. The van der Waals surface area contributed by atoms with Crippen LogP contribution in [0.5, 0.6) is 0 Å². The molecular weight excluding hydrogens is 174 g/mol. The smallest absolute Gasteiger partial charge is 0.108 e. The predicted octanol–water partition coefficient (Wildman–Crippen LogP) is 1.11. The summed E-state index contributed by atoms with van der Waals surface area (Å²) in [5.41, 5.74) is -0.212. The van der Waals surface area contributed by atoms with Gasteiger partial charge in [0.15, 0.2) is 0 Å². The molecule has 0 amide bonds. The van der Waals surface area contributed by atoms with E-state index in [9.17, 15) is 5.26 Å². The number of nitriles is 1. The van der Waals surface area contributed by atoms with Crippen LogP contribution in [0.4, 0.5) is 0 Å². The van der Waals surface area contributed by atoms with Crippen LogP contribution in [0.1, 0.15) is 32.1 Å². The van der Waals surface area contributed by atoms with Gasteiger partial charge in [0.25, 0.3) is 0 Å². The van der Waals surface area contributed by atoms with Crippen LogP contribution in [0, 0.1) is 11.3 Å². The third kappa shape index (κ3) is 1.92. The molecule has 0 aromatic carbocycles. The zero-order chi connectivity index (χ0) is 10.2. The van der Waals surface area contributed by atoms with E-state index in [1.165, 1.54) is 12.8 Å². The first-order valence-electron chi connectivity index (χ1n) is 5.51. The van der Waals surface area contributed by atoms with Gasteiger partial charge in [-0.2, -0.15) is 5.26 Å². The molecule has 2 fully saturated rings. The van der Waals surface area contributed by atoms with Crippen LogP contribution in [0.2, 0.25) is 0 Å². The van der Waals surface area contributed by atoms with Crippen molar-refractivity contribution in [3.05, 3.63) is 0 Å². The van der Waals surface area contributed by atoms with Gasteiger partial charge < -0.3 is 4.90 Å². The number of hydrogen-bond acceptors (Lipinski definition) is 3. The average molecular weight is 193 g/mol. The van der Waals surface area contributed by atoms with Gasteiger partial charge in [0, 0.05) is 12.1 Å². The van der Waals surface area contributed by atoms with Crippen molar-refractivity contribution in [2.45, 2.75) is 49.7 Å². The van der Waals surface area contributed by atoms with E-state index >= 15 is 0 Å². The predicted molar refractivity (Wildman–Crippen MR) is 55.8 cm³/mol. The lowest BCUT2D eigenvalue weighted by molar-refractivity contribution is 0.283. The second-order valence-corrected chi connectivity index (χ2v) is 4.97. The molecule has 2 aliphatic carbocycles. The topological polar surface area (TPSA) is 39.1 Å². The summed E-state index contributed by atoms with van der Waals surface area (Å²) in [6, 6.07) is 3.71. The quantitative estimate of drug-likeness (QED) is 0.730. The van der Waals surface area contributed by atoms with E-state index < -0.39 is 0 Å². The number of hydrogen-bond donors (Lipinski definition) is 1. The molecule has 0 aromatic rings. The maximum atomic E-state index is 9.26. The first-order valence-corrected chi connectivity index (χ1v) is 5.51. The summed E-state index contributed by atoms with van der Waals surface area (Å²) in [5, 5.41) is 12.8. The SMILES string of the molecule is CN(C)C1CCC(C#N)(NC2CC2)C1. The third-order valence-electron chi connectivity index (χ3n) is 3.49. The van der Waals surface area contributed by atoms with Gasteiger partial charge in [0.2, 0.25) is 0 Å². The fourth-order valence-electron chi connectivity index (χ4n) is 2.34. The molecule has 0 radical (unpaired) electrons. The lowest BCUT2D eigenvalue weighted by atomic mass is 9.99. The minimum atomic E-state index is -0.212. The molecule has 0 bridgehead atoms. The average Bonchev–Trinajstić information content (AvgIpc) is 2.83. The lowest BCUT2D eigenvalue weighted by Gasteiger charge is -2.24. The van der Waals surface area contributed by atoms with Crippen molar-refractivity contribution >= 4 is 0 Å². The minimum absolute atomic E-state index is 0.212. The van der Waals surface area contributed by atoms with E-state index in [2.05, 4.69) is 30.4 Å². The number of nitrogens with zero attached hydrogens (tertiary/aromatic N) is 2. The Morgan fingerprint density at radius 2 is 2.07 bits per heavy atom. The van der Waals surface area contributed by atoms with Crippen LogP contribution in [0.25, 0.3) is 0 Å². The van der Waals surface area contributed by atoms with Crippen molar-refractivity contribution in [3.63, 3.8) is 0 Å². The van der Waals surface area contributed by atoms with Crippen LogP contribution in [-0.4, -0.2) is 36.6 Å². The molecule has 2 aliphatic rings. The summed E-state index contributed by atoms with van der Waals surface area (Å²) in [6.45, 7) is 0. The van der Waals surface area contributed by atoms with E-state index in [0.29, 0.717) is 12.1 Å². The van der Waals surface area contributed by atoms with Crippen LogP contribution in [0.3, 0.4) is 0 Å². The highest BCUT2D eigenvalue weighted by Gasteiger charge is 2.43. The molecule has 0 heterocycles. The zero-order valence-electron chi connectivity index (χ0n) is 9.08. The molecule has 2 unspecified atom stereocenters. The Balaban J connectivity index is 1.97. The van der Waals surface area contributed by atoms with Crippen LogP contribution >= 0.6 is 0 Å². The van der Waals surface area contributed by atoms with Gasteiger partial charge in [0.05, 0.1) is 6.07 Å². The monoisotopic (exact) mass is 193 g/mol. The normalized spacial score (nSPS) is 37.4. The van der Waals surface area contributed by atoms with Gasteiger partial charge >= 0.3 is 0 Å². The molecule has 78 valence electrons. The summed E-state index contributed by atoms with van der Waals surface area (Å²) in [5.74, 6) is 0. The van der Waals surface area contributed by atoms with Crippen LogP contribution in [-0.2, 0) is 0 Å². The van der Waals surface area contributed by atoms with Crippen LogP contribution < -0.4 is 5.32 Å². The molecule has 0 spiro atoms. The highest BCUT2D eigenvalue weighted by molar-refractivity contribution is 5.15. The van der Waals surface area contributed by atoms with E-state index in [1.54, 1.807) is 0 Å². The van der Waals surface area contributed by atoms with E-state index in [-0.39, 0.29) is 5.54 Å². The van der Waals surface area contributed by atoms with Crippen molar-refractivity contribution < 1.29 is 0 Å². The van der Waals surface area contributed by atoms with Crippen molar-refractivity contribution in [2.75, 3.05) is 14.1 Å². The number of rotatable bonds is 3. The fourth-order valence-corrected chi connectivity index (χ4v) is 2.34. The molecule has 2 atom stereocenters. The Labute approximate surface area is 86.1 Å². The zero-order valence-corrected chi connectivity index (χ0v) is 9.08. The van der Waals surface area contributed by atoms with Gasteiger partial charge in [-0.05, 0) is 46.2 Å². The molecule has 0 aliphatic heterocycles. The second kappa shape index (κ2) is 3.52. The molecule has 14 heavy (non-hydrogen) atoms. The maximum Gasteiger partial charge on any atom is 0.108 e. The van der Waals surface area contributed by atoms with Gasteiger partial charge in [-0.15, -0.1) is 0 Å². The summed E-state index contributed by atoms with van der Waals surface area (Å²) >= 11 is 0. The van der Waals surface area contributed by atoms with Crippen molar-refractivity contribution in [1.82, 2.24) is 10.2 Å². The minimum Gasteiger partial charge on any atom is -0.306 e. The van der Waals surface area contributed by atoms with Gasteiger partial charge in [-0.3, -0.25) is 5.32 Å². The summed E-state index contributed by atoms with van der Waals surface area (Å²) in [7, 11) is 4.21. The standard InChI is InChI=1S/C11H19N3/c1-14(2)10-5-6-11(7-10,8-12)13-9-3-4-9/h9-10,13H,3-7H2,1-2H3. The third-order valence-corrected chi connectivity index (χ3v) is 3.49. The summed E-state index contributed by atoms with van der Waals surface area (Å²) < 4.78 is 0. The first kappa shape index (κ1) is 9.95. The van der Waals surface area contributed by atoms with Crippen LogP contribution in [0.15, 0.2) is 0 Å². The lowest BCUT2D eigenvalue weighted by Crippen LogP contribution is -2.44. The Morgan fingerprint density at radius 1 is 1.36 bits per heavy atom. The van der Waals surface area contributed by atoms with E-state index in [4.69, 9.17) is 0 Å². The van der Waals surface area contributed by atoms with Gasteiger partial charge in [0.1, 0.15) is 5.54 Å². The van der Waals surface area contributed by atoms with Crippen molar-refractivity contribution in [2.24, 2.45) is 0 Å². The van der Waals surface area contributed by atoms with Gasteiger partial charge in [-0.25, -0.2) is 0 Å². The summed E-state index contributed by atoms with van der Waals surface area (Å²) in [6.07, 6.45) is 5.68. The van der Waals surface area contributed by atoms with Crippen molar-refractivity contribution in [1.29, 1.82) is 5.26 Å². The molecule has 0 saturated heterocycles. The molecule has 3 nitrogen and oxygen atoms in total. The molecule has 0 aromatic heterocycles. The molecule has 1 N–H and O–H groups in total.